The Balaban J connectivity index is 3.38. The van der Waals surface area contributed by atoms with Crippen LogP contribution in [0.15, 0.2) is 0 Å². The first kappa shape index (κ1) is 12.3. The van der Waals surface area contributed by atoms with E-state index in [0.29, 0.717) is 19.6 Å². The van der Waals surface area contributed by atoms with Gasteiger partial charge in [-0.1, -0.05) is 0 Å². The number of rotatable bonds is 7. The molecule has 0 aromatic rings. The second-order valence-corrected chi connectivity index (χ2v) is 2.82. The van der Waals surface area contributed by atoms with Gasteiger partial charge in [0.25, 0.3) is 0 Å². The highest BCUT2D eigenvalue weighted by molar-refractivity contribution is 5.77. The molecule has 0 rings (SSSR count). The van der Waals surface area contributed by atoms with Gasteiger partial charge in [0.1, 0.15) is 6.61 Å². The van der Waals surface area contributed by atoms with Gasteiger partial charge < -0.3 is 20.9 Å². The lowest BCUT2D eigenvalue weighted by Crippen LogP contribution is -2.36. The lowest BCUT2D eigenvalue weighted by Gasteiger charge is -2.11. The van der Waals surface area contributed by atoms with E-state index in [1.54, 1.807) is 0 Å². The van der Waals surface area contributed by atoms with Crippen molar-refractivity contribution in [3.63, 3.8) is 0 Å². The summed E-state index contributed by atoms with van der Waals surface area (Å²) < 4.78 is 4.92. The second kappa shape index (κ2) is 7.97. The van der Waals surface area contributed by atoms with Crippen LogP contribution in [0.3, 0.4) is 0 Å². The topological polar surface area (TPSA) is 84.6 Å². The monoisotopic (exact) mass is 190 g/mol. The number of carbonyl (C=O) groups excluding carboxylic acids is 1. The fraction of sp³-hybridized carbons (Fsp3) is 0.875. The zero-order valence-corrected chi connectivity index (χ0v) is 7.95. The van der Waals surface area contributed by atoms with E-state index in [2.05, 4.69) is 5.32 Å². The Bertz CT molecular complexity index is 141. The molecule has 0 fully saturated rings. The Kier molecular flexibility index (Phi) is 7.57. The van der Waals surface area contributed by atoms with E-state index in [-0.39, 0.29) is 25.2 Å². The Labute approximate surface area is 78.3 Å². The zero-order valence-electron chi connectivity index (χ0n) is 7.95. The van der Waals surface area contributed by atoms with Crippen molar-refractivity contribution in [3.05, 3.63) is 0 Å². The normalized spacial score (nSPS) is 12.5. The molecule has 0 bridgehead atoms. The lowest BCUT2D eigenvalue weighted by atomic mass is 10.2. The number of hydrogen-bond donors (Lipinski definition) is 3. The van der Waals surface area contributed by atoms with Gasteiger partial charge in [-0.25, -0.2) is 0 Å². The summed E-state index contributed by atoms with van der Waals surface area (Å²) in [6.07, 6.45) is 0.558. The van der Waals surface area contributed by atoms with Gasteiger partial charge in [-0.2, -0.15) is 0 Å². The largest absolute Gasteiger partial charge is 0.396 e. The van der Waals surface area contributed by atoms with E-state index >= 15 is 0 Å². The Morgan fingerprint density at radius 3 is 2.92 bits per heavy atom. The summed E-state index contributed by atoms with van der Waals surface area (Å²) in [5, 5.41) is 11.2. The van der Waals surface area contributed by atoms with Crippen LogP contribution in [0.5, 0.6) is 0 Å². The van der Waals surface area contributed by atoms with Crippen LogP contribution in [0.2, 0.25) is 0 Å². The van der Waals surface area contributed by atoms with Gasteiger partial charge in [0.05, 0.1) is 6.61 Å². The molecule has 0 saturated carbocycles. The second-order valence-electron chi connectivity index (χ2n) is 2.82. The van der Waals surface area contributed by atoms with Gasteiger partial charge in [0, 0.05) is 19.2 Å². The van der Waals surface area contributed by atoms with E-state index in [4.69, 9.17) is 15.6 Å². The highest BCUT2D eigenvalue weighted by Gasteiger charge is 2.05. The van der Waals surface area contributed by atoms with Crippen LogP contribution in [0.25, 0.3) is 0 Å². The summed E-state index contributed by atoms with van der Waals surface area (Å²) >= 11 is 0. The highest BCUT2D eigenvalue weighted by Crippen LogP contribution is 1.88. The standard InChI is InChI=1S/C8H18N2O3/c1-7(2-4-11)10-8(12)6-13-5-3-9/h7,11H,2-6,9H2,1H3,(H,10,12). The molecule has 0 saturated heterocycles. The van der Waals surface area contributed by atoms with Crippen molar-refractivity contribution in [2.24, 2.45) is 5.73 Å². The molecule has 1 atom stereocenters. The molecule has 0 aromatic carbocycles. The first-order valence-electron chi connectivity index (χ1n) is 4.38. The molecule has 0 aliphatic heterocycles. The maximum atomic E-state index is 11.0. The molecular formula is C8H18N2O3. The van der Waals surface area contributed by atoms with E-state index in [9.17, 15) is 4.79 Å². The van der Waals surface area contributed by atoms with Gasteiger partial charge in [-0.05, 0) is 13.3 Å². The minimum Gasteiger partial charge on any atom is -0.396 e. The number of aliphatic hydroxyl groups is 1. The fourth-order valence-corrected chi connectivity index (χ4v) is 0.831. The van der Waals surface area contributed by atoms with Gasteiger partial charge in [-0.3, -0.25) is 4.79 Å². The van der Waals surface area contributed by atoms with Crippen molar-refractivity contribution in [2.45, 2.75) is 19.4 Å². The summed E-state index contributed by atoms with van der Waals surface area (Å²) in [6, 6.07) is -0.0148. The summed E-state index contributed by atoms with van der Waals surface area (Å²) in [4.78, 5) is 11.0. The van der Waals surface area contributed by atoms with Crippen LogP contribution in [-0.2, 0) is 9.53 Å². The van der Waals surface area contributed by atoms with Crippen molar-refractivity contribution in [1.29, 1.82) is 0 Å². The van der Waals surface area contributed by atoms with Gasteiger partial charge >= 0.3 is 0 Å². The molecule has 78 valence electrons. The molecular weight excluding hydrogens is 172 g/mol. The van der Waals surface area contributed by atoms with Crippen LogP contribution in [0.4, 0.5) is 0 Å². The van der Waals surface area contributed by atoms with Crippen molar-refractivity contribution >= 4 is 5.91 Å². The third kappa shape index (κ3) is 7.70. The van der Waals surface area contributed by atoms with Crippen LogP contribution in [0.1, 0.15) is 13.3 Å². The number of ether oxygens (including phenoxy) is 1. The lowest BCUT2D eigenvalue weighted by molar-refractivity contribution is -0.126. The Morgan fingerprint density at radius 2 is 2.38 bits per heavy atom. The molecule has 5 nitrogen and oxygen atoms in total. The molecule has 0 spiro atoms. The van der Waals surface area contributed by atoms with Crippen LogP contribution < -0.4 is 11.1 Å². The molecule has 0 heterocycles. The van der Waals surface area contributed by atoms with Crippen LogP contribution >= 0.6 is 0 Å². The number of carbonyl (C=O) groups is 1. The van der Waals surface area contributed by atoms with Crippen molar-refractivity contribution < 1.29 is 14.6 Å². The predicted octanol–water partition coefficient (Wildman–Crippen LogP) is -1.15. The SMILES string of the molecule is CC(CCO)NC(=O)COCCN. The molecule has 1 amide bonds. The summed E-state index contributed by atoms with van der Waals surface area (Å²) in [5.41, 5.74) is 5.17. The van der Waals surface area contributed by atoms with E-state index in [1.165, 1.54) is 0 Å². The summed E-state index contributed by atoms with van der Waals surface area (Å²) in [5.74, 6) is -0.172. The number of amides is 1. The fourth-order valence-electron chi connectivity index (χ4n) is 0.831. The first-order valence-corrected chi connectivity index (χ1v) is 4.38. The maximum absolute atomic E-state index is 11.0. The van der Waals surface area contributed by atoms with Crippen LogP contribution in [0, 0.1) is 0 Å². The molecule has 0 aliphatic rings. The number of aliphatic hydroxyl groups excluding tert-OH is 1. The smallest absolute Gasteiger partial charge is 0.246 e. The highest BCUT2D eigenvalue weighted by atomic mass is 16.5. The predicted molar refractivity (Wildman–Crippen MR) is 49.2 cm³/mol. The average Bonchev–Trinajstić information content (AvgIpc) is 2.05. The average molecular weight is 190 g/mol. The van der Waals surface area contributed by atoms with Crippen LogP contribution in [-0.4, -0.2) is 43.4 Å². The van der Waals surface area contributed by atoms with E-state index < -0.39 is 0 Å². The maximum Gasteiger partial charge on any atom is 0.246 e. The minimum absolute atomic E-state index is 0.0148. The Morgan fingerprint density at radius 1 is 1.69 bits per heavy atom. The minimum atomic E-state index is -0.172. The zero-order chi connectivity index (χ0) is 10.1. The quantitative estimate of drug-likeness (QED) is 0.442. The molecule has 0 aliphatic carbocycles. The van der Waals surface area contributed by atoms with E-state index in [1.807, 2.05) is 6.92 Å². The summed E-state index contributed by atoms with van der Waals surface area (Å²) in [7, 11) is 0. The molecule has 5 heteroatoms. The first-order chi connectivity index (χ1) is 6.20. The third-order valence-electron chi connectivity index (χ3n) is 1.46. The van der Waals surface area contributed by atoms with Gasteiger partial charge in [0.2, 0.25) is 5.91 Å². The van der Waals surface area contributed by atoms with Crippen molar-refractivity contribution in [1.82, 2.24) is 5.32 Å². The summed E-state index contributed by atoms with van der Waals surface area (Å²) in [6.45, 7) is 2.75. The molecule has 1 unspecified atom stereocenters. The number of hydrogen-bond acceptors (Lipinski definition) is 4. The van der Waals surface area contributed by atoms with Gasteiger partial charge in [0.15, 0.2) is 0 Å². The number of nitrogens with one attached hydrogen (secondary N) is 1. The third-order valence-corrected chi connectivity index (χ3v) is 1.46. The molecule has 4 N–H and O–H groups in total. The molecule has 13 heavy (non-hydrogen) atoms. The van der Waals surface area contributed by atoms with E-state index in [0.717, 1.165) is 0 Å². The molecule has 0 aromatic heterocycles. The van der Waals surface area contributed by atoms with Gasteiger partial charge in [-0.15, -0.1) is 0 Å². The van der Waals surface area contributed by atoms with Crippen molar-refractivity contribution in [3.8, 4) is 0 Å². The molecule has 0 radical (unpaired) electrons. The number of nitrogens with two attached hydrogens (primary N) is 1. The van der Waals surface area contributed by atoms with Crippen molar-refractivity contribution in [2.75, 3.05) is 26.4 Å². The Hall–Kier alpha value is -0.650.